The molecule has 3 rings (SSSR count). The Hall–Kier alpha value is -2.11. The van der Waals surface area contributed by atoms with E-state index in [1.807, 2.05) is 0 Å². The highest BCUT2D eigenvalue weighted by Gasteiger charge is 2.38. The number of benzene rings is 1. The van der Waals surface area contributed by atoms with E-state index in [4.69, 9.17) is 4.74 Å². The van der Waals surface area contributed by atoms with Crippen LogP contribution in [0.25, 0.3) is 0 Å². The van der Waals surface area contributed by atoms with Gasteiger partial charge in [-0.2, -0.15) is 0 Å². The first-order valence-electron chi connectivity index (χ1n) is 8.26. The number of amides is 1. The number of rotatable bonds is 7. The Kier molecular flexibility index (Phi) is 4.79. The van der Waals surface area contributed by atoms with E-state index in [0.717, 1.165) is 24.2 Å². The van der Waals surface area contributed by atoms with E-state index in [2.05, 4.69) is 5.32 Å². The molecule has 2 aliphatic rings. The first-order valence-corrected chi connectivity index (χ1v) is 8.26. The third kappa shape index (κ3) is 4.00. The van der Waals surface area contributed by atoms with Crippen molar-refractivity contribution in [3.05, 3.63) is 34.4 Å². The normalized spacial score (nSPS) is 25.3. The Balaban J connectivity index is 1.34. The number of nitro benzene ring substituents is 1. The Morgan fingerprint density at radius 3 is 2.65 bits per heavy atom. The maximum absolute atomic E-state index is 11.8. The summed E-state index contributed by atoms with van der Waals surface area (Å²) in [5, 5.41) is 13.5. The first kappa shape index (κ1) is 15.8. The van der Waals surface area contributed by atoms with E-state index >= 15 is 0 Å². The first-order chi connectivity index (χ1) is 11.1. The summed E-state index contributed by atoms with van der Waals surface area (Å²) in [4.78, 5) is 21.9. The number of ether oxygens (including phenoxy) is 1. The van der Waals surface area contributed by atoms with Gasteiger partial charge in [-0.15, -0.1) is 0 Å². The van der Waals surface area contributed by atoms with Crippen molar-refractivity contribution in [2.24, 2.45) is 17.8 Å². The van der Waals surface area contributed by atoms with Crippen molar-refractivity contribution >= 4 is 11.6 Å². The lowest BCUT2D eigenvalue weighted by Gasteiger charge is -2.21. The van der Waals surface area contributed by atoms with Gasteiger partial charge in [-0.25, -0.2) is 0 Å². The maximum atomic E-state index is 11.8. The predicted octanol–water partition coefficient (Wildman–Crippen LogP) is 2.92. The average Bonchev–Trinajstić information content (AvgIpc) is 3.16. The topological polar surface area (TPSA) is 81.5 Å². The lowest BCUT2D eigenvalue weighted by Crippen LogP contribution is -2.31. The molecule has 2 bridgehead atoms. The molecule has 1 aromatic rings. The summed E-state index contributed by atoms with van der Waals surface area (Å²) >= 11 is 0. The number of nitrogens with zero attached hydrogens (tertiary/aromatic N) is 1. The number of carbonyl (C=O) groups is 1. The lowest BCUT2D eigenvalue weighted by atomic mass is 9.86. The van der Waals surface area contributed by atoms with Crippen LogP contribution in [0.4, 0.5) is 5.69 Å². The third-order valence-electron chi connectivity index (χ3n) is 5.14. The SMILES string of the molecule is O=C(COc1ccc([N+](=O)[O-])cc1)NCCC1CC2CCC1C2. The molecular weight excluding hydrogens is 296 g/mol. The van der Waals surface area contributed by atoms with Gasteiger partial charge in [0.15, 0.2) is 6.61 Å². The number of hydrogen-bond donors (Lipinski definition) is 1. The van der Waals surface area contributed by atoms with E-state index < -0.39 is 4.92 Å². The van der Waals surface area contributed by atoms with Gasteiger partial charge in [-0.3, -0.25) is 14.9 Å². The van der Waals surface area contributed by atoms with Crippen LogP contribution < -0.4 is 10.1 Å². The van der Waals surface area contributed by atoms with Crippen molar-refractivity contribution in [2.75, 3.05) is 13.2 Å². The number of carbonyl (C=O) groups excluding carboxylic acids is 1. The van der Waals surface area contributed by atoms with Crippen LogP contribution in [0.2, 0.25) is 0 Å². The van der Waals surface area contributed by atoms with Crippen molar-refractivity contribution < 1.29 is 14.5 Å². The van der Waals surface area contributed by atoms with Crippen molar-refractivity contribution in [1.82, 2.24) is 5.32 Å². The summed E-state index contributed by atoms with van der Waals surface area (Å²) in [6.45, 7) is 0.644. The Morgan fingerprint density at radius 1 is 1.26 bits per heavy atom. The minimum Gasteiger partial charge on any atom is -0.484 e. The number of nitro groups is 1. The summed E-state index contributed by atoms with van der Waals surface area (Å²) in [6, 6.07) is 5.73. The van der Waals surface area contributed by atoms with E-state index in [9.17, 15) is 14.9 Å². The lowest BCUT2D eigenvalue weighted by molar-refractivity contribution is -0.384. The number of nitrogens with one attached hydrogen (secondary N) is 1. The molecule has 0 spiro atoms. The highest BCUT2D eigenvalue weighted by atomic mass is 16.6. The zero-order valence-electron chi connectivity index (χ0n) is 13.1. The maximum Gasteiger partial charge on any atom is 0.269 e. The second-order valence-electron chi connectivity index (χ2n) is 6.61. The summed E-state index contributed by atoms with van der Waals surface area (Å²) in [6.07, 6.45) is 6.55. The molecule has 0 radical (unpaired) electrons. The van der Waals surface area contributed by atoms with E-state index in [1.165, 1.54) is 49.9 Å². The fourth-order valence-corrected chi connectivity index (χ4v) is 3.99. The fourth-order valence-electron chi connectivity index (χ4n) is 3.99. The molecule has 124 valence electrons. The molecule has 6 heteroatoms. The smallest absolute Gasteiger partial charge is 0.269 e. The molecule has 0 aromatic heterocycles. The molecule has 1 N–H and O–H groups in total. The van der Waals surface area contributed by atoms with Gasteiger partial charge in [-0.1, -0.05) is 6.42 Å². The van der Waals surface area contributed by atoms with Crippen LogP contribution in [-0.4, -0.2) is 24.0 Å². The predicted molar refractivity (Wildman–Crippen MR) is 85.2 cm³/mol. The average molecular weight is 318 g/mol. The van der Waals surface area contributed by atoms with Gasteiger partial charge in [0.2, 0.25) is 0 Å². The zero-order valence-corrected chi connectivity index (χ0v) is 13.1. The van der Waals surface area contributed by atoms with E-state index in [1.54, 1.807) is 0 Å². The number of hydrogen-bond acceptors (Lipinski definition) is 4. The van der Waals surface area contributed by atoms with Crippen molar-refractivity contribution in [3.8, 4) is 5.75 Å². The second-order valence-corrected chi connectivity index (χ2v) is 6.61. The number of fused-ring (bicyclic) bond motifs is 2. The molecule has 0 saturated heterocycles. The minimum absolute atomic E-state index is 0.00710. The van der Waals surface area contributed by atoms with Gasteiger partial charge >= 0.3 is 0 Å². The van der Waals surface area contributed by atoms with Crippen molar-refractivity contribution in [3.63, 3.8) is 0 Å². The van der Waals surface area contributed by atoms with Gasteiger partial charge in [0.1, 0.15) is 5.75 Å². The van der Waals surface area contributed by atoms with Gasteiger partial charge in [0.05, 0.1) is 4.92 Å². The minimum atomic E-state index is -0.466. The summed E-state index contributed by atoms with van der Waals surface area (Å²) in [7, 11) is 0. The van der Waals surface area contributed by atoms with Crippen LogP contribution in [0.15, 0.2) is 24.3 Å². The quantitative estimate of drug-likeness (QED) is 0.619. The molecule has 23 heavy (non-hydrogen) atoms. The van der Waals surface area contributed by atoms with Crippen LogP contribution in [0.5, 0.6) is 5.75 Å². The second kappa shape index (κ2) is 6.98. The highest BCUT2D eigenvalue weighted by Crippen LogP contribution is 2.49. The van der Waals surface area contributed by atoms with E-state index in [0.29, 0.717) is 12.3 Å². The summed E-state index contributed by atoms with van der Waals surface area (Å²) < 4.78 is 5.34. The Labute approximate surface area is 135 Å². The van der Waals surface area contributed by atoms with Gasteiger partial charge in [0, 0.05) is 18.7 Å². The molecule has 0 heterocycles. The van der Waals surface area contributed by atoms with Gasteiger partial charge < -0.3 is 10.1 Å². The molecular formula is C17H22N2O4. The third-order valence-corrected chi connectivity index (χ3v) is 5.14. The molecule has 3 atom stereocenters. The molecule has 2 fully saturated rings. The standard InChI is InChI=1S/C17H22N2O4/c20-17(11-23-16-5-3-15(4-6-16)19(21)22)18-8-7-14-10-12-1-2-13(14)9-12/h3-6,12-14H,1-2,7-11H2,(H,18,20). The number of non-ortho nitro benzene ring substituents is 1. The molecule has 1 amide bonds. The highest BCUT2D eigenvalue weighted by molar-refractivity contribution is 5.77. The molecule has 2 aliphatic carbocycles. The zero-order chi connectivity index (χ0) is 16.2. The fraction of sp³-hybridized carbons (Fsp3) is 0.588. The molecule has 3 unspecified atom stereocenters. The van der Waals surface area contributed by atoms with Gasteiger partial charge in [0.25, 0.3) is 11.6 Å². The summed E-state index contributed by atoms with van der Waals surface area (Å²) in [5.41, 5.74) is 0.00710. The van der Waals surface area contributed by atoms with E-state index in [-0.39, 0.29) is 18.2 Å². The molecule has 1 aromatic carbocycles. The van der Waals surface area contributed by atoms with Crippen LogP contribution in [0.3, 0.4) is 0 Å². The summed E-state index contributed by atoms with van der Waals surface area (Å²) in [5.74, 6) is 2.91. The van der Waals surface area contributed by atoms with Crippen LogP contribution in [0.1, 0.15) is 32.1 Å². The van der Waals surface area contributed by atoms with Crippen molar-refractivity contribution in [2.45, 2.75) is 32.1 Å². The van der Waals surface area contributed by atoms with Crippen LogP contribution >= 0.6 is 0 Å². The van der Waals surface area contributed by atoms with Crippen molar-refractivity contribution in [1.29, 1.82) is 0 Å². The Bertz CT molecular complexity index is 572. The largest absolute Gasteiger partial charge is 0.484 e. The molecule has 0 aliphatic heterocycles. The van der Waals surface area contributed by atoms with Gasteiger partial charge in [-0.05, 0) is 55.6 Å². The van der Waals surface area contributed by atoms with Crippen LogP contribution in [0, 0.1) is 27.9 Å². The monoisotopic (exact) mass is 318 g/mol. The Morgan fingerprint density at radius 2 is 2.04 bits per heavy atom. The molecule has 6 nitrogen and oxygen atoms in total. The van der Waals surface area contributed by atoms with Crippen LogP contribution in [-0.2, 0) is 4.79 Å². The molecule has 2 saturated carbocycles.